The van der Waals surface area contributed by atoms with Gasteiger partial charge in [0.25, 0.3) is 0 Å². The summed E-state index contributed by atoms with van der Waals surface area (Å²) in [4.78, 5) is 4.73. The van der Waals surface area contributed by atoms with Crippen LogP contribution in [0.15, 0.2) is 65.1 Å². The van der Waals surface area contributed by atoms with Crippen LogP contribution in [-0.2, 0) is 12.8 Å². The van der Waals surface area contributed by atoms with E-state index in [1.54, 1.807) is 29.2 Å². The predicted octanol–water partition coefficient (Wildman–Crippen LogP) is 6.02. The maximum Gasteiger partial charge on any atom is 0.191 e. The molecule has 2 aromatic carbocycles. The smallest absolute Gasteiger partial charge is 0.191 e. The van der Waals surface area contributed by atoms with E-state index in [0.717, 1.165) is 33.0 Å². The highest BCUT2D eigenvalue weighted by atomic mass is 35.5. The molecule has 0 saturated heterocycles. The summed E-state index contributed by atoms with van der Waals surface area (Å²) in [6.07, 6.45) is -0.272. The highest BCUT2D eigenvalue weighted by molar-refractivity contribution is 7.98. The second-order valence-electron chi connectivity index (χ2n) is 6.39. The van der Waals surface area contributed by atoms with Gasteiger partial charge >= 0.3 is 0 Å². The van der Waals surface area contributed by atoms with Crippen molar-refractivity contribution in [1.82, 2.24) is 19.7 Å². The Hall–Kier alpha value is -2.35. The fourth-order valence-corrected chi connectivity index (χ4v) is 4.74. The van der Waals surface area contributed by atoms with Crippen molar-refractivity contribution >= 4 is 34.7 Å². The Morgan fingerprint density at radius 2 is 1.86 bits per heavy atom. The normalized spacial score (nSPS) is 12.1. The lowest BCUT2D eigenvalue weighted by Gasteiger charge is -2.15. The summed E-state index contributed by atoms with van der Waals surface area (Å²) in [5.41, 5.74) is 2.17. The summed E-state index contributed by atoms with van der Waals surface area (Å²) < 4.78 is 7.92. The van der Waals surface area contributed by atoms with Crippen molar-refractivity contribution in [2.45, 2.75) is 23.9 Å². The molecule has 148 valence electrons. The van der Waals surface area contributed by atoms with Crippen LogP contribution in [0.5, 0.6) is 5.75 Å². The van der Waals surface area contributed by atoms with Crippen molar-refractivity contribution < 1.29 is 4.74 Å². The number of para-hydroxylation sites is 1. The molecule has 29 heavy (non-hydrogen) atoms. The number of aromatic nitrogens is 4. The van der Waals surface area contributed by atoms with E-state index in [4.69, 9.17) is 21.3 Å². The number of hydrogen-bond acceptors (Lipinski definition) is 6. The van der Waals surface area contributed by atoms with Gasteiger partial charge in [-0.1, -0.05) is 65.8 Å². The van der Waals surface area contributed by atoms with Crippen molar-refractivity contribution in [2.75, 3.05) is 0 Å². The number of ether oxygens (including phenoxy) is 1. The lowest BCUT2D eigenvalue weighted by atomic mass is 10.2. The molecule has 2 aromatic heterocycles. The van der Waals surface area contributed by atoms with Gasteiger partial charge in [0.1, 0.15) is 10.8 Å². The maximum atomic E-state index is 6.19. The topological polar surface area (TPSA) is 52.8 Å². The summed E-state index contributed by atoms with van der Waals surface area (Å²) in [5, 5.41) is 13.2. The average molecular weight is 443 g/mol. The second-order valence-corrected chi connectivity index (χ2v) is 8.60. The molecule has 0 aliphatic rings. The molecule has 0 aliphatic heterocycles. The number of halogens is 1. The van der Waals surface area contributed by atoms with Gasteiger partial charge in [0.05, 0.1) is 10.7 Å². The number of thiazole rings is 1. The van der Waals surface area contributed by atoms with Crippen molar-refractivity contribution in [2.24, 2.45) is 7.05 Å². The summed E-state index contributed by atoms with van der Waals surface area (Å²) in [6, 6.07) is 17.6. The highest BCUT2D eigenvalue weighted by Gasteiger charge is 2.18. The van der Waals surface area contributed by atoms with E-state index < -0.39 is 0 Å². The van der Waals surface area contributed by atoms with E-state index in [0.29, 0.717) is 10.8 Å². The van der Waals surface area contributed by atoms with Crippen LogP contribution in [0.2, 0.25) is 5.02 Å². The molecular formula is C21H19ClN4OS2. The van der Waals surface area contributed by atoms with Gasteiger partial charge in [0.2, 0.25) is 0 Å². The zero-order valence-electron chi connectivity index (χ0n) is 15.9. The van der Waals surface area contributed by atoms with Crippen LogP contribution >= 0.6 is 34.7 Å². The fourth-order valence-electron chi connectivity index (χ4n) is 2.81. The molecule has 0 bridgehead atoms. The fraction of sp³-hybridized carbons (Fsp3) is 0.190. The predicted molar refractivity (Wildman–Crippen MR) is 119 cm³/mol. The molecule has 5 nitrogen and oxygen atoms in total. The number of thioether (sulfide) groups is 1. The van der Waals surface area contributed by atoms with Crippen molar-refractivity contribution in [1.29, 1.82) is 0 Å². The standard InChI is InChI=1S/C21H19ClN4OS2/c1-14(27-18-11-7-6-10-17(18)22)19-24-25-21(26(19)2)29-13-16-12-28-20(23-16)15-8-4-3-5-9-15/h3-12,14H,13H2,1-2H3. The number of nitrogens with zero attached hydrogens (tertiary/aromatic N) is 4. The Labute approximate surface area is 182 Å². The van der Waals surface area contributed by atoms with Gasteiger partial charge in [-0.2, -0.15) is 0 Å². The van der Waals surface area contributed by atoms with Gasteiger partial charge in [-0.25, -0.2) is 4.98 Å². The summed E-state index contributed by atoms with van der Waals surface area (Å²) >= 11 is 9.45. The highest BCUT2D eigenvalue weighted by Crippen LogP contribution is 2.30. The molecule has 0 fully saturated rings. The molecule has 2 heterocycles. The molecular weight excluding hydrogens is 424 g/mol. The molecule has 4 rings (SSSR count). The summed E-state index contributed by atoms with van der Waals surface area (Å²) in [7, 11) is 1.95. The van der Waals surface area contributed by atoms with Crippen LogP contribution in [0, 0.1) is 0 Å². The Kier molecular flexibility index (Phi) is 6.18. The first-order valence-electron chi connectivity index (χ1n) is 9.05. The second kappa shape index (κ2) is 8.98. The van der Waals surface area contributed by atoms with Gasteiger partial charge in [0, 0.05) is 23.7 Å². The Bertz CT molecular complexity index is 1100. The zero-order valence-corrected chi connectivity index (χ0v) is 18.3. The van der Waals surface area contributed by atoms with E-state index >= 15 is 0 Å². The average Bonchev–Trinajstić information content (AvgIpc) is 3.35. The van der Waals surface area contributed by atoms with Crippen LogP contribution in [-0.4, -0.2) is 19.7 Å². The van der Waals surface area contributed by atoms with E-state index in [1.165, 1.54) is 0 Å². The lowest BCUT2D eigenvalue weighted by Crippen LogP contribution is -2.10. The van der Waals surface area contributed by atoms with E-state index in [1.807, 2.05) is 54.9 Å². The maximum absolute atomic E-state index is 6.19. The molecule has 0 amide bonds. The minimum atomic E-state index is -0.272. The van der Waals surface area contributed by atoms with E-state index in [-0.39, 0.29) is 6.10 Å². The molecule has 4 aromatic rings. The zero-order chi connectivity index (χ0) is 20.2. The van der Waals surface area contributed by atoms with Crippen molar-refractivity contribution in [3.8, 4) is 16.3 Å². The van der Waals surface area contributed by atoms with E-state index in [2.05, 4.69) is 27.7 Å². The molecule has 0 radical (unpaired) electrons. The Balaban J connectivity index is 1.41. The molecule has 0 saturated carbocycles. The van der Waals surface area contributed by atoms with Crippen LogP contribution < -0.4 is 4.74 Å². The van der Waals surface area contributed by atoms with Crippen molar-refractivity contribution in [3.05, 3.63) is 76.5 Å². The molecule has 8 heteroatoms. The number of benzene rings is 2. The Morgan fingerprint density at radius 3 is 2.66 bits per heavy atom. The van der Waals surface area contributed by atoms with Crippen LogP contribution in [0.1, 0.15) is 24.5 Å². The van der Waals surface area contributed by atoms with Gasteiger partial charge in [0.15, 0.2) is 17.1 Å². The summed E-state index contributed by atoms with van der Waals surface area (Å²) in [5.74, 6) is 2.11. The minimum absolute atomic E-state index is 0.272. The summed E-state index contributed by atoms with van der Waals surface area (Å²) in [6.45, 7) is 1.94. The van der Waals surface area contributed by atoms with E-state index in [9.17, 15) is 0 Å². The number of rotatable bonds is 7. The minimum Gasteiger partial charge on any atom is -0.481 e. The van der Waals surface area contributed by atoms with Crippen LogP contribution in [0.3, 0.4) is 0 Å². The molecule has 0 spiro atoms. The van der Waals surface area contributed by atoms with Gasteiger partial charge in [-0.15, -0.1) is 21.5 Å². The third-order valence-corrected chi connectivity index (χ3v) is 6.60. The van der Waals surface area contributed by atoms with Crippen LogP contribution in [0.4, 0.5) is 0 Å². The molecule has 1 atom stereocenters. The first-order chi connectivity index (χ1) is 14.1. The first-order valence-corrected chi connectivity index (χ1v) is 11.3. The van der Waals surface area contributed by atoms with Crippen molar-refractivity contribution in [3.63, 3.8) is 0 Å². The quantitative estimate of drug-likeness (QED) is 0.327. The first kappa shape index (κ1) is 19.9. The monoisotopic (exact) mass is 442 g/mol. The lowest BCUT2D eigenvalue weighted by molar-refractivity contribution is 0.211. The van der Waals surface area contributed by atoms with Gasteiger partial charge in [-0.3, -0.25) is 0 Å². The van der Waals surface area contributed by atoms with Gasteiger partial charge < -0.3 is 9.30 Å². The largest absolute Gasteiger partial charge is 0.481 e. The SMILES string of the molecule is CC(Oc1ccccc1Cl)c1nnc(SCc2csc(-c3ccccc3)n2)n1C. The Morgan fingerprint density at radius 1 is 1.10 bits per heavy atom. The van der Waals surface area contributed by atoms with Gasteiger partial charge in [-0.05, 0) is 19.1 Å². The molecule has 0 aliphatic carbocycles. The number of hydrogen-bond donors (Lipinski definition) is 0. The molecule has 1 unspecified atom stereocenters. The third-order valence-electron chi connectivity index (χ3n) is 4.29. The third kappa shape index (κ3) is 4.63. The molecule has 0 N–H and O–H groups in total. The van der Waals surface area contributed by atoms with Crippen LogP contribution in [0.25, 0.3) is 10.6 Å².